The van der Waals surface area contributed by atoms with Gasteiger partial charge in [-0.2, -0.15) is 8.42 Å². The van der Waals surface area contributed by atoms with Crippen molar-refractivity contribution in [3.05, 3.63) is 90.0 Å². The van der Waals surface area contributed by atoms with E-state index in [2.05, 4.69) is 13.8 Å². The standard InChI is InChI=1S/C30H34O4S2/c1-22-10-14-26(15-11-22)36(25-8-6-5-7-9-25,27-16-12-23(2)13-17-27)34-35(32,33)21-30-19-18-24(20-28(30)31)29(30,3)4/h5-17,24H,18-21H2,1-4H3. The van der Waals surface area contributed by atoms with Crippen molar-refractivity contribution in [1.82, 2.24) is 0 Å². The van der Waals surface area contributed by atoms with Gasteiger partial charge in [-0.25, -0.2) is 3.63 Å². The number of fused-ring (bicyclic) bond motifs is 2. The SMILES string of the molecule is Cc1ccc(S(OS(=O)(=O)CC23CCC(CC2=O)C3(C)C)(c2ccccc2)c2ccc(C)cc2)cc1. The lowest BCUT2D eigenvalue weighted by atomic mass is 9.70. The molecule has 0 amide bonds. The van der Waals surface area contributed by atoms with Gasteiger partial charge in [0.2, 0.25) is 0 Å². The molecule has 2 saturated carbocycles. The van der Waals surface area contributed by atoms with E-state index in [1.54, 1.807) is 0 Å². The number of aryl methyl sites for hydroxylation is 2. The second-order valence-electron chi connectivity index (χ2n) is 10.9. The summed E-state index contributed by atoms with van der Waals surface area (Å²) in [4.78, 5) is 15.6. The first-order valence-corrected chi connectivity index (χ1v) is 15.6. The number of Topliss-reactive ketones (excluding diaryl/α,β-unsaturated/α-hetero) is 1. The Morgan fingerprint density at radius 1 is 0.806 bits per heavy atom. The zero-order valence-corrected chi connectivity index (χ0v) is 23.0. The van der Waals surface area contributed by atoms with E-state index in [1.807, 2.05) is 92.7 Å². The number of benzene rings is 3. The van der Waals surface area contributed by atoms with Crippen LogP contribution in [0, 0.1) is 30.6 Å². The van der Waals surface area contributed by atoms with Gasteiger partial charge in [-0.15, -0.1) is 0 Å². The summed E-state index contributed by atoms with van der Waals surface area (Å²) in [5.41, 5.74) is 0.917. The Kier molecular flexibility index (Phi) is 6.21. The highest BCUT2D eigenvalue weighted by Crippen LogP contribution is 2.71. The van der Waals surface area contributed by atoms with Crippen LogP contribution in [0.25, 0.3) is 0 Å². The summed E-state index contributed by atoms with van der Waals surface area (Å²) in [5.74, 6) is 0.0317. The fourth-order valence-electron chi connectivity index (χ4n) is 6.19. The van der Waals surface area contributed by atoms with Gasteiger partial charge in [0.1, 0.15) is 5.78 Å². The summed E-state index contributed by atoms with van der Waals surface area (Å²) in [7, 11) is -6.76. The van der Waals surface area contributed by atoms with Crippen LogP contribution in [0.2, 0.25) is 0 Å². The van der Waals surface area contributed by atoms with Crippen LogP contribution in [0.1, 0.15) is 44.2 Å². The van der Waals surface area contributed by atoms with Crippen LogP contribution in [-0.2, 0) is 18.5 Å². The molecule has 0 spiro atoms. The largest absolute Gasteiger partial charge is 0.299 e. The molecule has 2 aliphatic rings. The van der Waals surface area contributed by atoms with E-state index in [9.17, 15) is 13.2 Å². The average molecular weight is 523 g/mol. The van der Waals surface area contributed by atoms with Crippen LogP contribution in [0.3, 0.4) is 0 Å². The van der Waals surface area contributed by atoms with Crippen molar-refractivity contribution in [3.8, 4) is 0 Å². The van der Waals surface area contributed by atoms with Crippen molar-refractivity contribution >= 4 is 26.2 Å². The molecule has 190 valence electrons. The van der Waals surface area contributed by atoms with Crippen molar-refractivity contribution in [1.29, 1.82) is 0 Å². The summed E-state index contributed by atoms with van der Waals surface area (Å²) < 4.78 is 34.8. The van der Waals surface area contributed by atoms with E-state index in [0.717, 1.165) is 32.2 Å². The number of ketones is 1. The molecule has 4 nitrogen and oxygen atoms in total. The fourth-order valence-corrected chi connectivity index (χ4v) is 12.2. The highest BCUT2D eigenvalue weighted by molar-refractivity contribution is 8.33. The van der Waals surface area contributed by atoms with E-state index in [1.165, 1.54) is 0 Å². The second kappa shape index (κ2) is 8.86. The van der Waals surface area contributed by atoms with E-state index in [4.69, 9.17) is 3.63 Å². The van der Waals surface area contributed by atoms with Crippen LogP contribution in [0.5, 0.6) is 0 Å². The van der Waals surface area contributed by atoms with Crippen molar-refractivity contribution in [2.24, 2.45) is 16.7 Å². The quantitative estimate of drug-likeness (QED) is 0.328. The molecule has 0 radical (unpaired) electrons. The number of hydrogen-bond acceptors (Lipinski definition) is 4. The highest BCUT2D eigenvalue weighted by atomic mass is 32.3. The predicted octanol–water partition coefficient (Wildman–Crippen LogP) is 7.24. The van der Waals surface area contributed by atoms with Crippen molar-refractivity contribution < 1.29 is 16.8 Å². The molecule has 0 aromatic heterocycles. The zero-order valence-electron chi connectivity index (χ0n) is 21.4. The Morgan fingerprint density at radius 3 is 1.75 bits per heavy atom. The molecule has 6 heteroatoms. The molecule has 0 N–H and O–H groups in total. The molecule has 2 atom stereocenters. The third kappa shape index (κ3) is 3.94. The van der Waals surface area contributed by atoms with Gasteiger partial charge in [-0.05, 0) is 84.7 Å². The molecule has 0 saturated heterocycles. The lowest BCUT2D eigenvalue weighted by molar-refractivity contribution is -0.128. The lowest BCUT2D eigenvalue weighted by Crippen LogP contribution is -2.42. The molecule has 2 aliphatic carbocycles. The molecule has 3 aromatic rings. The third-order valence-electron chi connectivity index (χ3n) is 8.55. The summed E-state index contributed by atoms with van der Waals surface area (Å²) >= 11 is 0. The zero-order chi connectivity index (χ0) is 25.8. The van der Waals surface area contributed by atoms with Gasteiger partial charge in [0.05, 0.1) is 11.2 Å². The Morgan fingerprint density at radius 2 is 1.31 bits per heavy atom. The lowest BCUT2D eigenvalue weighted by Gasteiger charge is -2.41. The van der Waals surface area contributed by atoms with E-state index < -0.39 is 25.8 Å². The summed E-state index contributed by atoms with van der Waals surface area (Å²) in [6.45, 7) is 8.14. The minimum Gasteiger partial charge on any atom is -0.299 e. The fraction of sp³-hybridized carbons (Fsp3) is 0.367. The van der Waals surface area contributed by atoms with Gasteiger partial charge >= 0.3 is 0 Å². The minimum atomic E-state index is -4.12. The van der Waals surface area contributed by atoms with Gasteiger partial charge in [-0.3, -0.25) is 4.79 Å². The molecular formula is C30H34O4S2. The Bertz CT molecular complexity index is 1330. The molecule has 2 bridgehead atoms. The van der Waals surface area contributed by atoms with Gasteiger partial charge in [0, 0.05) is 21.1 Å². The van der Waals surface area contributed by atoms with Crippen molar-refractivity contribution in [2.45, 2.75) is 61.6 Å². The van der Waals surface area contributed by atoms with Crippen LogP contribution in [0.4, 0.5) is 0 Å². The Balaban J connectivity index is 1.69. The van der Waals surface area contributed by atoms with Crippen LogP contribution >= 0.6 is 10.3 Å². The highest BCUT2D eigenvalue weighted by Gasteiger charge is 2.65. The Hall–Kier alpha value is -2.41. The average Bonchev–Trinajstić information content (AvgIpc) is 3.18. The first-order chi connectivity index (χ1) is 17.0. The summed E-state index contributed by atoms with van der Waals surface area (Å²) in [5, 5.41) is 0. The number of rotatable bonds is 7. The van der Waals surface area contributed by atoms with Crippen LogP contribution < -0.4 is 0 Å². The third-order valence-corrected chi connectivity index (χ3v) is 13.8. The molecule has 5 rings (SSSR count). The first kappa shape index (κ1) is 25.2. The molecule has 0 heterocycles. The van der Waals surface area contributed by atoms with Crippen LogP contribution in [-0.4, -0.2) is 20.0 Å². The molecular weight excluding hydrogens is 488 g/mol. The summed E-state index contributed by atoms with van der Waals surface area (Å²) in [6, 6.07) is 25.5. The van der Waals surface area contributed by atoms with Crippen molar-refractivity contribution in [3.63, 3.8) is 0 Å². The second-order valence-corrected chi connectivity index (χ2v) is 15.4. The topological polar surface area (TPSA) is 60.4 Å². The van der Waals surface area contributed by atoms with Gasteiger partial charge in [0.25, 0.3) is 10.1 Å². The van der Waals surface area contributed by atoms with Gasteiger partial charge < -0.3 is 0 Å². The molecule has 0 aliphatic heterocycles. The first-order valence-electron chi connectivity index (χ1n) is 12.5. The van der Waals surface area contributed by atoms with Crippen molar-refractivity contribution in [2.75, 3.05) is 5.75 Å². The molecule has 2 unspecified atom stereocenters. The molecule has 3 aromatic carbocycles. The molecule has 2 fully saturated rings. The van der Waals surface area contributed by atoms with Gasteiger partial charge in [-0.1, -0.05) is 67.4 Å². The number of carbonyl (C=O) groups is 1. The maximum absolute atomic E-state index is 14.1. The number of hydrogen-bond donors (Lipinski definition) is 0. The summed E-state index contributed by atoms with van der Waals surface area (Å²) in [6.07, 6.45) is 1.96. The maximum Gasteiger partial charge on any atom is 0.278 e. The van der Waals surface area contributed by atoms with E-state index >= 15 is 0 Å². The normalized spacial score (nSPS) is 23.7. The van der Waals surface area contributed by atoms with Gasteiger partial charge in [0.15, 0.2) is 0 Å². The van der Waals surface area contributed by atoms with E-state index in [0.29, 0.717) is 12.8 Å². The number of carbonyl (C=O) groups excluding carboxylic acids is 1. The minimum absolute atomic E-state index is 0.0712. The smallest absolute Gasteiger partial charge is 0.278 e. The monoisotopic (exact) mass is 522 g/mol. The Labute approximate surface area is 216 Å². The maximum atomic E-state index is 14.1. The van der Waals surface area contributed by atoms with Crippen LogP contribution in [0.15, 0.2) is 93.5 Å². The van der Waals surface area contributed by atoms with E-state index in [-0.39, 0.29) is 22.9 Å². The molecule has 36 heavy (non-hydrogen) atoms. The predicted molar refractivity (Wildman–Crippen MR) is 145 cm³/mol.